The fourth-order valence-electron chi connectivity index (χ4n) is 2.18. The number of aromatic nitrogens is 3. The van der Waals surface area contributed by atoms with Crippen LogP contribution in [0.25, 0.3) is 11.0 Å². The van der Waals surface area contributed by atoms with E-state index in [1.807, 2.05) is 32.0 Å². The molecule has 0 aliphatic rings. The molecule has 0 saturated carbocycles. The molecule has 0 bridgehead atoms. The van der Waals surface area contributed by atoms with Gasteiger partial charge >= 0.3 is 0 Å². The van der Waals surface area contributed by atoms with Gasteiger partial charge < -0.3 is 4.90 Å². The van der Waals surface area contributed by atoms with Crippen LogP contribution < -0.4 is 0 Å². The van der Waals surface area contributed by atoms with E-state index in [2.05, 4.69) is 13.7 Å². The van der Waals surface area contributed by atoms with Crippen LogP contribution in [0.3, 0.4) is 0 Å². The third kappa shape index (κ3) is 2.79. The minimum atomic E-state index is -0.0478. The van der Waals surface area contributed by atoms with E-state index in [1.54, 1.807) is 23.3 Å². The third-order valence-corrected chi connectivity index (χ3v) is 4.63. The number of rotatable bonds is 3. The zero-order valence-corrected chi connectivity index (χ0v) is 13.6. The summed E-state index contributed by atoms with van der Waals surface area (Å²) in [6.45, 7) is 4.37. The first-order valence-electron chi connectivity index (χ1n) is 6.45. The monoisotopic (exact) mass is 318 g/mol. The lowest BCUT2D eigenvalue weighted by atomic mass is 10.2. The second kappa shape index (κ2) is 5.50. The van der Waals surface area contributed by atoms with Crippen molar-refractivity contribution in [2.75, 3.05) is 7.05 Å². The first-order chi connectivity index (χ1) is 10.0. The van der Waals surface area contributed by atoms with E-state index in [-0.39, 0.29) is 5.91 Å². The Hall–Kier alpha value is -1.86. The first-order valence-corrected chi connectivity index (χ1v) is 8.00. The highest BCUT2D eigenvalue weighted by Crippen LogP contribution is 2.19. The molecule has 0 saturated heterocycles. The van der Waals surface area contributed by atoms with Crippen LogP contribution >= 0.6 is 23.1 Å². The second-order valence-electron chi connectivity index (χ2n) is 4.89. The van der Waals surface area contributed by atoms with Crippen molar-refractivity contribution < 1.29 is 4.79 Å². The van der Waals surface area contributed by atoms with Crippen molar-refractivity contribution in [3.8, 4) is 0 Å². The van der Waals surface area contributed by atoms with Gasteiger partial charge in [-0.2, -0.15) is 8.75 Å². The number of nitrogens with zero attached hydrogens (tertiary/aromatic N) is 4. The fraction of sp³-hybridized carbons (Fsp3) is 0.286. The van der Waals surface area contributed by atoms with Crippen molar-refractivity contribution in [1.29, 1.82) is 0 Å². The minimum Gasteiger partial charge on any atom is -0.336 e. The van der Waals surface area contributed by atoms with Crippen LogP contribution in [0.15, 0.2) is 18.2 Å². The van der Waals surface area contributed by atoms with Gasteiger partial charge in [0.25, 0.3) is 5.91 Å². The number of hydrogen-bond acceptors (Lipinski definition) is 6. The fourth-order valence-corrected chi connectivity index (χ4v) is 3.51. The van der Waals surface area contributed by atoms with Crippen molar-refractivity contribution in [3.63, 3.8) is 0 Å². The quantitative estimate of drug-likeness (QED) is 0.745. The lowest BCUT2D eigenvalue weighted by Crippen LogP contribution is -2.27. The number of aryl methyl sites for hydroxylation is 2. The number of hydrogen-bond donors (Lipinski definition) is 0. The molecule has 1 aromatic carbocycles. The summed E-state index contributed by atoms with van der Waals surface area (Å²) in [5.74, 6) is -0.0478. The lowest BCUT2D eigenvalue weighted by molar-refractivity contribution is 0.0779. The number of benzene rings is 1. The summed E-state index contributed by atoms with van der Waals surface area (Å²) in [6, 6.07) is 5.89. The Labute approximate surface area is 130 Å². The van der Waals surface area contributed by atoms with Crippen LogP contribution in [-0.4, -0.2) is 31.6 Å². The number of carbonyl (C=O) groups excluding carboxylic acids is 1. The zero-order chi connectivity index (χ0) is 15.0. The van der Waals surface area contributed by atoms with E-state index in [4.69, 9.17) is 0 Å². The number of fused-ring (bicyclic) bond motifs is 1. The van der Waals surface area contributed by atoms with Crippen molar-refractivity contribution in [3.05, 3.63) is 39.3 Å². The smallest absolute Gasteiger partial charge is 0.273 e. The molecule has 108 valence electrons. The second-order valence-corrected chi connectivity index (χ2v) is 6.82. The summed E-state index contributed by atoms with van der Waals surface area (Å²) in [7, 11) is 1.79. The molecule has 0 fully saturated rings. The average molecular weight is 318 g/mol. The van der Waals surface area contributed by atoms with Gasteiger partial charge in [0.05, 0.1) is 16.7 Å². The van der Waals surface area contributed by atoms with Crippen molar-refractivity contribution in [2.24, 2.45) is 0 Å². The summed E-state index contributed by atoms with van der Waals surface area (Å²) in [6.07, 6.45) is 0. The van der Waals surface area contributed by atoms with Gasteiger partial charge in [0.1, 0.15) is 16.7 Å². The molecule has 0 atom stereocenters. The molecule has 0 spiro atoms. The maximum absolute atomic E-state index is 12.4. The normalized spacial score (nSPS) is 11.0. The van der Waals surface area contributed by atoms with Gasteiger partial charge in [-0.05, 0) is 31.5 Å². The summed E-state index contributed by atoms with van der Waals surface area (Å²) in [5, 5.41) is 0.916. The number of thiazole rings is 1. The Balaban J connectivity index is 1.80. The third-order valence-electron chi connectivity index (χ3n) is 3.19. The van der Waals surface area contributed by atoms with Gasteiger partial charge in [-0.3, -0.25) is 4.79 Å². The van der Waals surface area contributed by atoms with Crippen LogP contribution in [-0.2, 0) is 6.54 Å². The van der Waals surface area contributed by atoms with Gasteiger partial charge in [-0.15, -0.1) is 11.3 Å². The molecule has 21 heavy (non-hydrogen) atoms. The van der Waals surface area contributed by atoms with Crippen LogP contribution in [0.2, 0.25) is 0 Å². The maximum atomic E-state index is 12.4. The molecule has 3 rings (SSSR count). The molecule has 0 aliphatic heterocycles. The van der Waals surface area contributed by atoms with Crippen molar-refractivity contribution >= 4 is 40.0 Å². The standard InChI is InChI=1S/C14H14N4OS2/c1-8-13(15-9(2)20-8)14(19)18(3)7-10-4-5-11-12(6-10)17-21-16-11/h4-6H,7H2,1-3H3. The molecule has 2 heterocycles. The first kappa shape index (κ1) is 14.1. The molecule has 0 N–H and O–H groups in total. The van der Waals surface area contributed by atoms with Gasteiger partial charge in [-0.25, -0.2) is 4.98 Å². The molecular weight excluding hydrogens is 304 g/mol. The van der Waals surface area contributed by atoms with E-state index < -0.39 is 0 Å². The SMILES string of the molecule is Cc1nc(C(=O)N(C)Cc2ccc3nsnc3c2)c(C)s1. The highest BCUT2D eigenvalue weighted by Gasteiger charge is 2.18. The number of amides is 1. The maximum Gasteiger partial charge on any atom is 0.273 e. The van der Waals surface area contributed by atoms with Crippen molar-refractivity contribution in [2.45, 2.75) is 20.4 Å². The minimum absolute atomic E-state index is 0.0478. The Kier molecular flexibility index (Phi) is 3.69. The van der Waals surface area contributed by atoms with Gasteiger partial charge in [0.15, 0.2) is 0 Å². The summed E-state index contributed by atoms with van der Waals surface area (Å²) < 4.78 is 8.40. The van der Waals surface area contributed by atoms with Crippen LogP contribution in [0.1, 0.15) is 25.9 Å². The van der Waals surface area contributed by atoms with Gasteiger partial charge in [0, 0.05) is 18.5 Å². The molecular formula is C14H14N4OS2. The number of carbonyl (C=O) groups is 1. The van der Waals surface area contributed by atoms with Crippen LogP contribution in [0, 0.1) is 13.8 Å². The lowest BCUT2D eigenvalue weighted by Gasteiger charge is -2.16. The van der Waals surface area contributed by atoms with E-state index in [0.29, 0.717) is 12.2 Å². The Bertz CT molecular complexity index is 808. The van der Waals surface area contributed by atoms with E-state index in [9.17, 15) is 4.79 Å². The van der Waals surface area contributed by atoms with Crippen molar-refractivity contribution in [1.82, 2.24) is 18.6 Å². The summed E-state index contributed by atoms with van der Waals surface area (Å²) in [5.41, 5.74) is 3.36. The largest absolute Gasteiger partial charge is 0.336 e. The highest BCUT2D eigenvalue weighted by molar-refractivity contribution is 7.11. The molecule has 3 aromatic rings. The molecule has 2 aromatic heterocycles. The van der Waals surface area contributed by atoms with Crippen LogP contribution in [0.4, 0.5) is 0 Å². The topological polar surface area (TPSA) is 59.0 Å². The Morgan fingerprint density at radius 2 is 2.00 bits per heavy atom. The molecule has 5 nitrogen and oxygen atoms in total. The predicted molar refractivity (Wildman–Crippen MR) is 84.8 cm³/mol. The van der Waals surface area contributed by atoms with Gasteiger partial charge in [-0.1, -0.05) is 6.07 Å². The predicted octanol–water partition coefficient (Wildman–Crippen LogP) is 3.04. The Morgan fingerprint density at radius 3 is 2.71 bits per heavy atom. The van der Waals surface area contributed by atoms with Gasteiger partial charge in [0.2, 0.25) is 0 Å². The van der Waals surface area contributed by atoms with E-state index in [0.717, 1.165) is 26.5 Å². The van der Waals surface area contributed by atoms with Crippen LogP contribution in [0.5, 0.6) is 0 Å². The molecule has 0 aliphatic carbocycles. The molecule has 0 radical (unpaired) electrons. The summed E-state index contributed by atoms with van der Waals surface area (Å²) >= 11 is 2.75. The zero-order valence-electron chi connectivity index (χ0n) is 12.0. The average Bonchev–Trinajstić information content (AvgIpc) is 3.03. The van der Waals surface area contributed by atoms with E-state index >= 15 is 0 Å². The van der Waals surface area contributed by atoms with E-state index in [1.165, 1.54) is 11.7 Å². The Morgan fingerprint density at radius 1 is 1.24 bits per heavy atom. The summed E-state index contributed by atoms with van der Waals surface area (Å²) in [4.78, 5) is 19.4. The molecule has 1 amide bonds. The molecule has 7 heteroatoms. The molecule has 0 unspecified atom stereocenters. The highest BCUT2D eigenvalue weighted by atomic mass is 32.1.